The molecule has 1 aliphatic carbocycles. The Hall–Kier alpha value is -13.6. The van der Waals surface area contributed by atoms with Crippen LogP contribution in [0.15, 0.2) is 369 Å². The highest BCUT2D eigenvalue weighted by Gasteiger charge is 2.25. The number of benzene rings is 7. The van der Waals surface area contributed by atoms with E-state index in [-0.39, 0.29) is 48.6 Å². The Morgan fingerprint density at radius 3 is 1.50 bits per heavy atom. The maximum atomic E-state index is 11.4. The number of amides is 3. The highest BCUT2D eigenvalue weighted by Crippen LogP contribution is 2.29. The summed E-state index contributed by atoms with van der Waals surface area (Å²) in [6.45, 7) is 40.7. The van der Waals surface area contributed by atoms with Gasteiger partial charge < -0.3 is 56.8 Å². The number of thiocarbonyl (C=S) groups is 1. The van der Waals surface area contributed by atoms with Crippen LogP contribution in [0.2, 0.25) is 0 Å². The number of phenols is 1. The van der Waals surface area contributed by atoms with E-state index >= 15 is 0 Å². The summed E-state index contributed by atoms with van der Waals surface area (Å²) in [5.41, 5.74) is 6.55. The fourth-order valence-electron chi connectivity index (χ4n) is 12.5. The molecule has 4 saturated heterocycles. The zero-order valence-electron chi connectivity index (χ0n) is 77.5. The number of rotatable bonds is 18. The van der Waals surface area contributed by atoms with Gasteiger partial charge in [-0.1, -0.05) is 239 Å². The van der Waals surface area contributed by atoms with Crippen LogP contribution in [-0.2, 0) is 69.3 Å². The Morgan fingerprint density at radius 2 is 1.07 bits per heavy atom. The fraction of sp³-hybridized carbons (Fsp3) is 0.255. The predicted molar refractivity (Wildman–Crippen MR) is 549 cm³/mol. The van der Waals surface area contributed by atoms with Crippen LogP contribution in [0.5, 0.6) is 17.2 Å². The van der Waals surface area contributed by atoms with Gasteiger partial charge in [-0.25, -0.2) is 13.2 Å². The average molecular weight is 1860 g/mol. The van der Waals surface area contributed by atoms with Gasteiger partial charge in [-0.2, -0.15) is 0 Å². The lowest BCUT2D eigenvalue weighted by Gasteiger charge is -2.13. The largest absolute Gasteiger partial charge is 0.508 e. The number of para-hydroxylation sites is 2. The Labute approximate surface area is 796 Å². The number of hydrogen-bond acceptors (Lipinski definition) is 18. The van der Waals surface area contributed by atoms with Crippen LogP contribution < -0.4 is 9.47 Å². The van der Waals surface area contributed by atoms with Crippen molar-refractivity contribution in [1.82, 2.24) is 19.3 Å². The number of aromatic hydroxyl groups is 1. The van der Waals surface area contributed by atoms with Crippen molar-refractivity contribution in [2.75, 3.05) is 52.0 Å². The summed E-state index contributed by atoms with van der Waals surface area (Å²) < 4.78 is 59.7. The van der Waals surface area contributed by atoms with Gasteiger partial charge in [0.2, 0.25) is 17.7 Å². The normalized spacial score (nSPS) is 13.8. The third-order valence-corrected chi connectivity index (χ3v) is 22.4. The van der Waals surface area contributed by atoms with E-state index in [0.29, 0.717) is 70.2 Å². The molecular formula is C110H130N4O16S3. The number of aromatic nitrogens is 1. The van der Waals surface area contributed by atoms with Crippen LogP contribution in [0.3, 0.4) is 0 Å². The van der Waals surface area contributed by atoms with Gasteiger partial charge in [0.1, 0.15) is 57.8 Å². The Bertz CT molecular complexity index is 5460. The molecule has 0 saturated carbocycles. The molecule has 0 unspecified atom stereocenters. The van der Waals surface area contributed by atoms with Crippen molar-refractivity contribution in [3.63, 3.8) is 0 Å². The minimum absolute atomic E-state index is 0.00296. The summed E-state index contributed by atoms with van der Waals surface area (Å²) in [5.74, 6) is 5.67. The average Bonchev–Trinajstić information content (AvgIpc) is 1.62. The van der Waals surface area contributed by atoms with Gasteiger partial charge in [0.05, 0.1) is 60.8 Å². The smallest absolute Gasteiger partial charge is 0.333 e. The molecule has 3 amide bonds. The Balaban J connectivity index is 0.000000303. The molecule has 4 aromatic heterocycles. The summed E-state index contributed by atoms with van der Waals surface area (Å²) in [6, 6.07) is 63.5. The van der Waals surface area contributed by atoms with E-state index in [2.05, 4.69) is 201 Å². The number of fused-ring (bicyclic) bond motifs is 4. The molecule has 2 N–H and O–H groups in total. The minimum atomic E-state index is -3.13. The first kappa shape index (κ1) is 112. The summed E-state index contributed by atoms with van der Waals surface area (Å²) >= 11 is 6.32. The molecule has 4 aliphatic heterocycles. The second-order valence-corrected chi connectivity index (χ2v) is 33.0. The monoisotopic (exact) mass is 1860 g/mol. The van der Waals surface area contributed by atoms with Crippen LogP contribution >= 0.6 is 24.0 Å². The molecular weight excluding hydrogens is 1730 g/mol. The van der Waals surface area contributed by atoms with E-state index in [1.165, 1.54) is 107 Å². The third kappa shape index (κ3) is 44.7. The van der Waals surface area contributed by atoms with Crippen LogP contribution in [0.4, 0.5) is 0 Å². The maximum absolute atomic E-state index is 11.4. The zero-order valence-corrected chi connectivity index (χ0v) is 80.0. The molecule has 20 nitrogen and oxygen atoms in total. The van der Waals surface area contributed by atoms with E-state index in [1.807, 2.05) is 80.7 Å². The molecule has 0 radical (unpaired) electrons. The van der Waals surface area contributed by atoms with Crippen molar-refractivity contribution in [2.24, 2.45) is 0 Å². The minimum Gasteiger partial charge on any atom is -0.508 e. The second kappa shape index (κ2) is 66.7. The van der Waals surface area contributed by atoms with E-state index in [9.17, 15) is 32.4 Å². The van der Waals surface area contributed by atoms with Crippen LogP contribution in [0.1, 0.15) is 130 Å². The van der Waals surface area contributed by atoms with E-state index < -0.39 is 9.84 Å². The molecule has 0 spiro atoms. The first-order chi connectivity index (χ1) is 64.4. The predicted octanol–water partition coefficient (Wildman–Crippen LogP) is 25.4. The number of ether oxygens (including phenoxy) is 4. The number of sulfone groups is 1. The van der Waals surface area contributed by atoms with Crippen molar-refractivity contribution >= 4 is 113 Å². The number of furan rings is 3. The number of thioether (sulfide) groups is 1. The highest BCUT2D eigenvalue weighted by molar-refractivity contribution is 8.24. The first-order valence-electron chi connectivity index (χ1n) is 43.7. The lowest BCUT2D eigenvalue weighted by molar-refractivity contribution is -0.142. The number of aliphatic hydroxyl groups is 1. The number of carbonyl (C=O) groups is 5. The molecule has 0 atom stereocenters. The molecule has 7 aromatic carbocycles. The van der Waals surface area contributed by atoms with Gasteiger partial charge in [0.15, 0.2) is 9.84 Å². The number of cyclic esters (lactones) is 1. The lowest BCUT2D eigenvalue weighted by atomic mass is 10.1. The van der Waals surface area contributed by atoms with Crippen molar-refractivity contribution in [1.29, 1.82) is 0 Å². The quantitative estimate of drug-likeness (QED) is 0.0350. The lowest BCUT2D eigenvalue weighted by Crippen LogP contribution is -2.28. The standard InChI is InChI=1S/C14H11N.C12H10.C12H18.C11H14O2.C9H10O2S.C9H10O.C8H13NO.C7H8O3.C6H7NOS2.C6H9NO.C6H8O.2C5H6O2/c1-2-15-13-9-5-3-7-11(13)12-8-4-6-10-14(12)15;1-2-10-7-5-8-11-6-3-4-9-12(10)11;1-2-4-6-8-10-12-11-9-7-5-3-1;1-4-5-9-6-10(12-2)8-11(7-9)13-3;1-2-8-12(10,11)9-6-4-3-5-7-9;1-2-3-8-4-6-9(10)7-5-8;1-2-9-7-5-3-4-6-8(9)10;1-6(8)10-5-7-3-2-4-9-7;1-2-3-7-5(8)4-10-6(7)9;1-2-7-5-3-4-6(7)8;1-5-3-4-6(2)7-5;1-4-2-3-7-5(4)6;6-4-5-2-1-3-7-5/h2-10H,1H2;2-9H,1H2;1-2,5-8H,3-4,9-12H2;4,6-8H,1,5H2,2-3H3;2-7H,1,8H2;2,4-7,10H,1,3H2;2H,1,3-7H2;2-4H,5H2,1H3;2H,1,3-4H2;2H,1,3-5H2;3-4H,1-2H3;1-3H2;1-3,6H,4H2/b;;2-1?,7-5-,8-6-;;;;;;;;;;. The van der Waals surface area contributed by atoms with Gasteiger partial charge in [-0.3, -0.25) is 24.1 Å². The van der Waals surface area contributed by atoms with Crippen molar-refractivity contribution < 1.29 is 74.8 Å². The van der Waals surface area contributed by atoms with Crippen molar-refractivity contribution in [3.8, 4) is 17.2 Å². The number of carbonyl (C=O) groups excluding carboxylic acids is 5. The van der Waals surface area contributed by atoms with Crippen LogP contribution in [0.25, 0.3) is 44.9 Å². The summed E-state index contributed by atoms with van der Waals surface area (Å²) in [4.78, 5) is 58.5. The number of nitrogens with zero attached hydrogens (tertiary/aromatic N) is 4. The summed E-state index contributed by atoms with van der Waals surface area (Å²) in [7, 11) is 0.162. The fourth-order valence-corrected chi connectivity index (χ4v) is 14.6. The van der Waals surface area contributed by atoms with Gasteiger partial charge >= 0.3 is 11.9 Å². The zero-order chi connectivity index (χ0) is 97.2. The van der Waals surface area contributed by atoms with E-state index in [4.69, 9.17) is 45.2 Å². The molecule has 0 bridgehead atoms. The van der Waals surface area contributed by atoms with Gasteiger partial charge in [0.25, 0.3) is 0 Å². The number of phenolic OH excluding ortho intramolecular Hbond substituents is 1. The van der Waals surface area contributed by atoms with Crippen LogP contribution in [0, 0.1) is 13.8 Å². The van der Waals surface area contributed by atoms with Crippen molar-refractivity contribution in [3.05, 3.63) is 390 Å². The van der Waals surface area contributed by atoms with Crippen molar-refractivity contribution in [2.45, 2.75) is 135 Å². The molecule has 11 aromatic rings. The number of allylic oxidation sites excluding steroid dienone is 8. The Morgan fingerprint density at radius 1 is 0.541 bits per heavy atom. The summed E-state index contributed by atoms with van der Waals surface area (Å²) in [6.07, 6.45) is 46.0. The number of hydrogen-bond donors (Lipinski definition) is 2. The van der Waals surface area contributed by atoms with E-state index in [0.717, 1.165) is 86.6 Å². The van der Waals surface area contributed by atoms with Crippen LogP contribution in [-0.4, -0.2) is 124 Å². The number of aliphatic hydroxyl groups excluding tert-OH is 1. The van der Waals surface area contributed by atoms with Gasteiger partial charge in [-0.15, -0.1) is 26.3 Å². The highest BCUT2D eigenvalue weighted by atomic mass is 32.2. The molecule has 8 heterocycles. The molecule has 23 heteroatoms. The summed E-state index contributed by atoms with van der Waals surface area (Å²) in [5, 5.41) is 22.3. The van der Waals surface area contributed by atoms with Gasteiger partial charge in [0, 0.05) is 74.4 Å². The number of methoxy groups -OCH3 is 2. The van der Waals surface area contributed by atoms with E-state index in [1.54, 1.807) is 120 Å². The third-order valence-electron chi connectivity index (χ3n) is 19.3. The molecule has 704 valence electrons. The number of esters is 2. The maximum Gasteiger partial charge on any atom is 0.333 e. The number of aryl methyl sites for hydroxylation is 2. The Kier molecular flexibility index (Phi) is 56.1. The number of likely N-dealkylation sites (tertiary alicyclic amines) is 2. The topological polar surface area (TPSA) is 251 Å². The molecule has 4 fully saturated rings. The molecule has 133 heavy (non-hydrogen) atoms. The second-order valence-electron chi connectivity index (χ2n) is 29.3. The molecule has 5 aliphatic rings. The van der Waals surface area contributed by atoms with Gasteiger partial charge in [-0.05, 0) is 209 Å². The molecule has 16 rings (SSSR count). The SMILES string of the molecule is C1=CC/C=C\CCCC/C=C\C1.C=C1CCOC1=O.C=CCN1C(=O)CSC1=S.C=CCS(=O)(=O)c1ccccc1.C=CCc1cc(OC)cc(OC)c1.C=CCc1ccc(O)cc1.C=CN1CCCC1=O.C=CN1CCCCCC1=O.C=Cc1cccc2ccccc12.C=Cn1c2ccccc2c2ccccc21.CC(=O)OCc1ccco1.Cc1ccc(C)o1.OCc1ccco1. The first-order valence-corrected chi connectivity index (χ1v) is 46.8.